The van der Waals surface area contributed by atoms with E-state index in [1.807, 2.05) is 48.7 Å². The van der Waals surface area contributed by atoms with Crippen molar-refractivity contribution in [3.8, 4) is 5.75 Å². The molecule has 2 N–H and O–H groups in total. The highest BCUT2D eigenvalue weighted by Gasteiger charge is 2.30. The fourth-order valence-corrected chi connectivity index (χ4v) is 5.17. The minimum atomic E-state index is -1.21. The molecule has 1 aliphatic rings. The summed E-state index contributed by atoms with van der Waals surface area (Å²) >= 11 is 6.33. The van der Waals surface area contributed by atoms with Gasteiger partial charge in [-0.15, -0.1) is 0 Å². The lowest BCUT2D eigenvalue weighted by atomic mass is 10.0. The molecule has 48 heavy (non-hydrogen) atoms. The van der Waals surface area contributed by atoms with Gasteiger partial charge in [0, 0.05) is 28.1 Å². The van der Waals surface area contributed by atoms with Gasteiger partial charge in [0.25, 0.3) is 11.4 Å². The van der Waals surface area contributed by atoms with Gasteiger partial charge in [-0.05, 0) is 41.3 Å². The molecule has 5 aromatic rings. The standard InChI is InChI=1S/C29H23ClN2.C6H3N3O7/c30-26-14-8-7-13-24(26)20-31-27-19-29-25(18-28(32-29)22-11-5-2-6-12-22)17-23(27)16-15-21-9-3-1-4-10-21;10-6-4(8(13)14)1-3(7(11)12)2-5(6)9(15)16/h1-17,19-20,28,32H,18H2;1-2,10H/b16-15+,31-20?;. The lowest BCUT2D eigenvalue weighted by Crippen LogP contribution is -2.04. The lowest BCUT2D eigenvalue weighted by Gasteiger charge is -2.11. The van der Waals surface area contributed by atoms with Gasteiger partial charge in [0.15, 0.2) is 0 Å². The number of phenolic OH excluding ortho intramolecular Hbond substituents is 1. The number of benzene rings is 5. The molecule has 0 saturated heterocycles. The van der Waals surface area contributed by atoms with Crippen molar-refractivity contribution in [1.82, 2.24) is 0 Å². The number of phenols is 1. The predicted octanol–water partition coefficient (Wildman–Crippen LogP) is 9.09. The summed E-state index contributed by atoms with van der Waals surface area (Å²) in [6.07, 6.45) is 7.08. The van der Waals surface area contributed by atoms with Crippen molar-refractivity contribution < 1.29 is 19.9 Å². The Balaban J connectivity index is 0.000000238. The average Bonchev–Trinajstić information content (AvgIpc) is 3.50. The summed E-state index contributed by atoms with van der Waals surface area (Å²) in [5, 5.41) is 44.6. The van der Waals surface area contributed by atoms with Gasteiger partial charge in [-0.3, -0.25) is 35.3 Å². The number of nitro benzene ring substituents is 3. The number of nitrogens with zero attached hydrogens (tertiary/aromatic N) is 4. The summed E-state index contributed by atoms with van der Waals surface area (Å²) in [5.74, 6) is -1.21. The van der Waals surface area contributed by atoms with E-state index in [-0.39, 0.29) is 6.04 Å². The van der Waals surface area contributed by atoms with Crippen LogP contribution in [-0.2, 0) is 6.42 Å². The monoisotopic (exact) mass is 663 g/mol. The molecular weight excluding hydrogens is 638 g/mol. The highest BCUT2D eigenvalue weighted by molar-refractivity contribution is 6.33. The smallest absolute Gasteiger partial charge is 0.324 e. The van der Waals surface area contributed by atoms with Crippen LogP contribution in [-0.4, -0.2) is 26.1 Å². The molecule has 1 atom stereocenters. The number of halogens is 1. The normalized spacial score (nSPS) is 13.4. The van der Waals surface area contributed by atoms with Gasteiger partial charge in [0.05, 0.1) is 38.6 Å². The van der Waals surface area contributed by atoms with Crippen molar-refractivity contribution in [2.24, 2.45) is 4.99 Å². The molecular formula is C35H26ClN5O7. The number of anilines is 1. The minimum absolute atomic E-state index is 0.278. The predicted molar refractivity (Wildman–Crippen MR) is 185 cm³/mol. The molecule has 1 heterocycles. The molecule has 0 bridgehead atoms. The largest absolute Gasteiger partial charge is 0.497 e. The molecule has 0 radical (unpaired) electrons. The first kappa shape index (κ1) is 33.0. The van der Waals surface area contributed by atoms with Crippen molar-refractivity contribution in [3.63, 3.8) is 0 Å². The molecule has 5 aromatic carbocycles. The van der Waals surface area contributed by atoms with Gasteiger partial charge in [-0.2, -0.15) is 0 Å². The van der Waals surface area contributed by atoms with Crippen molar-refractivity contribution in [2.45, 2.75) is 12.5 Å². The second-order valence-corrected chi connectivity index (χ2v) is 10.9. The number of hydrogen-bond donors (Lipinski definition) is 2. The number of hydrogen-bond acceptors (Lipinski definition) is 9. The Bertz CT molecular complexity index is 2020. The number of rotatable bonds is 8. The summed E-state index contributed by atoms with van der Waals surface area (Å²) in [4.78, 5) is 32.6. The highest BCUT2D eigenvalue weighted by Crippen LogP contribution is 2.40. The fourth-order valence-electron chi connectivity index (χ4n) is 4.99. The van der Waals surface area contributed by atoms with Gasteiger partial charge >= 0.3 is 11.4 Å². The quantitative estimate of drug-likeness (QED) is 0.0715. The first-order chi connectivity index (χ1) is 23.1. The Morgan fingerprint density at radius 2 is 1.35 bits per heavy atom. The van der Waals surface area contributed by atoms with Crippen LogP contribution in [0.1, 0.15) is 33.9 Å². The Morgan fingerprint density at radius 1 is 0.750 bits per heavy atom. The molecule has 1 unspecified atom stereocenters. The van der Waals surface area contributed by atoms with Crippen molar-refractivity contribution in [3.05, 3.63) is 172 Å². The zero-order chi connectivity index (χ0) is 34.2. The van der Waals surface area contributed by atoms with E-state index in [1.54, 1.807) is 0 Å². The van der Waals surface area contributed by atoms with Crippen molar-refractivity contribution >= 4 is 58.4 Å². The summed E-state index contributed by atoms with van der Waals surface area (Å²) in [6, 6.07) is 34.2. The lowest BCUT2D eigenvalue weighted by molar-refractivity contribution is -0.404. The maximum atomic E-state index is 10.4. The van der Waals surface area contributed by atoms with E-state index in [0.717, 1.165) is 34.5 Å². The van der Waals surface area contributed by atoms with E-state index in [1.165, 1.54) is 11.1 Å². The van der Waals surface area contributed by atoms with Crippen molar-refractivity contribution in [1.29, 1.82) is 0 Å². The molecule has 0 spiro atoms. The van der Waals surface area contributed by atoms with E-state index < -0.39 is 37.6 Å². The zero-order valence-corrected chi connectivity index (χ0v) is 25.7. The zero-order valence-electron chi connectivity index (χ0n) is 25.0. The van der Waals surface area contributed by atoms with Crippen LogP contribution < -0.4 is 5.32 Å². The van der Waals surface area contributed by atoms with Crippen LogP contribution in [0.5, 0.6) is 5.75 Å². The Hall–Kier alpha value is -6.40. The second-order valence-electron chi connectivity index (χ2n) is 10.5. The van der Waals surface area contributed by atoms with Crippen LogP contribution in [0, 0.1) is 30.3 Å². The molecule has 0 fully saturated rings. The second kappa shape index (κ2) is 14.8. The van der Waals surface area contributed by atoms with Gasteiger partial charge in [0.1, 0.15) is 0 Å². The topological polar surface area (TPSA) is 174 Å². The SMILES string of the molecule is Clc1ccccc1C=Nc1cc2c(cc1/C=C/c1ccccc1)CC(c1ccccc1)N2.O=[N+]([O-])c1cc([N+](=O)[O-])c(O)c([N+](=O)[O-])c1. The third kappa shape index (κ3) is 7.87. The maximum Gasteiger partial charge on any atom is 0.324 e. The van der Waals surface area contributed by atoms with Crippen LogP contribution in [0.3, 0.4) is 0 Å². The molecule has 0 aromatic heterocycles. The Morgan fingerprint density at radius 3 is 1.96 bits per heavy atom. The van der Waals surface area contributed by atoms with Crippen molar-refractivity contribution in [2.75, 3.05) is 5.32 Å². The van der Waals surface area contributed by atoms with Crippen LogP contribution in [0.2, 0.25) is 5.02 Å². The summed E-state index contributed by atoms with van der Waals surface area (Å²) in [6.45, 7) is 0. The van der Waals surface area contributed by atoms with E-state index in [9.17, 15) is 30.3 Å². The summed E-state index contributed by atoms with van der Waals surface area (Å²) < 4.78 is 0. The van der Waals surface area contributed by atoms with Gasteiger partial charge in [0.2, 0.25) is 0 Å². The molecule has 240 valence electrons. The fraction of sp³-hybridized carbons (Fsp3) is 0.0571. The molecule has 1 aliphatic heterocycles. The van der Waals surface area contributed by atoms with E-state index in [2.05, 4.69) is 72.1 Å². The number of nitrogens with one attached hydrogen (secondary N) is 1. The number of nitro groups is 3. The average molecular weight is 664 g/mol. The first-order valence-corrected chi connectivity index (χ1v) is 14.8. The van der Waals surface area contributed by atoms with Gasteiger partial charge in [-0.1, -0.05) is 103 Å². The summed E-state index contributed by atoms with van der Waals surface area (Å²) in [7, 11) is 0. The maximum absolute atomic E-state index is 10.4. The third-order valence-electron chi connectivity index (χ3n) is 7.37. The number of aromatic hydroxyl groups is 1. The molecule has 13 heteroatoms. The van der Waals surface area contributed by atoms with Gasteiger partial charge in [-0.25, -0.2) is 0 Å². The number of non-ortho nitro benzene ring substituents is 1. The van der Waals surface area contributed by atoms with Gasteiger partial charge < -0.3 is 10.4 Å². The molecule has 6 rings (SSSR count). The van der Waals surface area contributed by atoms with Crippen LogP contribution in [0.25, 0.3) is 12.2 Å². The first-order valence-electron chi connectivity index (χ1n) is 14.4. The van der Waals surface area contributed by atoms with Crippen LogP contribution in [0.15, 0.2) is 114 Å². The van der Waals surface area contributed by atoms with E-state index in [0.29, 0.717) is 17.2 Å². The van der Waals surface area contributed by atoms with Crippen LogP contribution >= 0.6 is 11.6 Å². The highest BCUT2D eigenvalue weighted by atomic mass is 35.5. The third-order valence-corrected chi connectivity index (χ3v) is 7.71. The Labute approximate surface area is 278 Å². The van der Waals surface area contributed by atoms with E-state index >= 15 is 0 Å². The number of aliphatic imine (C=N–C) groups is 1. The molecule has 0 saturated carbocycles. The Kier molecular flexibility index (Phi) is 10.2. The molecule has 0 aliphatic carbocycles. The minimum Gasteiger partial charge on any atom is -0.497 e. The molecule has 12 nitrogen and oxygen atoms in total. The summed E-state index contributed by atoms with van der Waals surface area (Å²) in [5.41, 5.74) is 4.81. The van der Waals surface area contributed by atoms with Crippen LogP contribution in [0.4, 0.5) is 28.4 Å². The number of fused-ring (bicyclic) bond motifs is 1. The molecule has 0 amide bonds. The van der Waals surface area contributed by atoms with E-state index in [4.69, 9.17) is 21.7 Å².